The van der Waals surface area contributed by atoms with Gasteiger partial charge >= 0.3 is 0 Å². The van der Waals surface area contributed by atoms with E-state index in [0.29, 0.717) is 0 Å². The van der Waals surface area contributed by atoms with Gasteiger partial charge in [0.1, 0.15) is 11.5 Å². The van der Waals surface area contributed by atoms with E-state index in [-0.39, 0.29) is 0 Å². The topological polar surface area (TPSA) is 22.1 Å². The van der Waals surface area contributed by atoms with Crippen LogP contribution in [0.2, 0.25) is 0 Å². The van der Waals surface area contributed by atoms with Crippen LogP contribution in [-0.4, -0.2) is 4.98 Å². The number of thiazole rings is 1. The van der Waals surface area contributed by atoms with Gasteiger partial charge in [-0.2, -0.15) is 0 Å². The first-order valence-corrected chi connectivity index (χ1v) is 9.48. The minimum absolute atomic E-state index is 0.836. The zero-order chi connectivity index (χ0) is 16.2. The lowest BCUT2D eigenvalue weighted by Crippen LogP contribution is -1.90. The van der Waals surface area contributed by atoms with Crippen molar-refractivity contribution in [2.75, 3.05) is 0 Å². The summed E-state index contributed by atoms with van der Waals surface area (Å²) in [5, 5.41) is 0. The zero-order valence-electron chi connectivity index (χ0n) is 12.9. The van der Waals surface area contributed by atoms with Crippen LogP contribution in [0.25, 0.3) is 10.2 Å². The standard InChI is InChI=1S/C20H15NOS2/c1-2-9-16(10-3-1)22-18-12-6-4-8-15(18)14-23-20-21-17-11-5-7-13-19(17)24-20/h1-13H,14H2. The second kappa shape index (κ2) is 7.07. The molecule has 24 heavy (non-hydrogen) atoms. The smallest absolute Gasteiger partial charge is 0.151 e. The number of hydrogen-bond donors (Lipinski definition) is 0. The van der Waals surface area contributed by atoms with Gasteiger partial charge in [0.2, 0.25) is 0 Å². The van der Waals surface area contributed by atoms with Crippen molar-refractivity contribution < 1.29 is 4.74 Å². The van der Waals surface area contributed by atoms with Crippen LogP contribution in [0.15, 0.2) is 83.2 Å². The molecule has 4 rings (SSSR count). The number of nitrogens with zero attached hydrogens (tertiary/aromatic N) is 1. The molecule has 0 radical (unpaired) electrons. The van der Waals surface area contributed by atoms with Crippen molar-refractivity contribution in [1.82, 2.24) is 4.98 Å². The van der Waals surface area contributed by atoms with Gasteiger partial charge in [-0.25, -0.2) is 4.98 Å². The summed E-state index contributed by atoms with van der Waals surface area (Å²) in [6, 6.07) is 26.3. The van der Waals surface area contributed by atoms with Gasteiger partial charge in [0, 0.05) is 11.3 Å². The summed E-state index contributed by atoms with van der Waals surface area (Å²) in [7, 11) is 0. The molecule has 1 heterocycles. The Bertz CT molecular complexity index is 917. The summed E-state index contributed by atoms with van der Waals surface area (Å²) in [5.41, 5.74) is 2.24. The number of para-hydroxylation sites is 3. The highest BCUT2D eigenvalue weighted by molar-refractivity contribution is 8.00. The van der Waals surface area contributed by atoms with Gasteiger partial charge in [-0.15, -0.1) is 11.3 Å². The first-order chi connectivity index (χ1) is 11.9. The van der Waals surface area contributed by atoms with E-state index in [9.17, 15) is 0 Å². The predicted molar refractivity (Wildman–Crippen MR) is 102 cm³/mol. The van der Waals surface area contributed by atoms with Crippen molar-refractivity contribution in [3.8, 4) is 11.5 Å². The number of thioether (sulfide) groups is 1. The molecule has 0 N–H and O–H groups in total. The Morgan fingerprint density at radius 3 is 2.46 bits per heavy atom. The largest absolute Gasteiger partial charge is 0.457 e. The quantitative estimate of drug-likeness (QED) is 0.390. The molecule has 4 aromatic rings. The molecule has 4 heteroatoms. The highest BCUT2D eigenvalue weighted by Gasteiger charge is 2.08. The molecule has 0 bridgehead atoms. The minimum Gasteiger partial charge on any atom is -0.457 e. The lowest BCUT2D eigenvalue weighted by molar-refractivity contribution is 0.478. The Morgan fingerprint density at radius 2 is 1.58 bits per heavy atom. The molecule has 0 aliphatic carbocycles. The molecule has 0 aliphatic heterocycles. The Kier molecular flexibility index (Phi) is 4.49. The van der Waals surface area contributed by atoms with Gasteiger partial charge in [0.25, 0.3) is 0 Å². The van der Waals surface area contributed by atoms with Crippen molar-refractivity contribution in [1.29, 1.82) is 0 Å². The van der Waals surface area contributed by atoms with Gasteiger partial charge in [-0.05, 0) is 30.3 Å². The third-order valence-electron chi connectivity index (χ3n) is 3.57. The zero-order valence-corrected chi connectivity index (χ0v) is 14.5. The van der Waals surface area contributed by atoms with Crippen LogP contribution in [0, 0.1) is 0 Å². The van der Waals surface area contributed by atoms with Gasteiger partial charge in [-0.1, -0.05) is 60.3 Å². The normalized spacial score (nSPS) is 10.8. The Hall–Kier alpha value is -2.30. The number of ether oxygens (including phenoxy) is 1. The first-order valence-electron chi connectivity index (χ1n) is 7.68. The summed E-state index contributed by atoms with van der Waals surface area (Å²) < 4.78 is 8.35. The van der Waals surface area contributed by atoms with E-state index < -0.39 is 0 Å². The van der Waals surface area contributed by atoms with E-state index >= 15 is 0 Å². The molecule has 3 aromatic carbocycles. The Labute approximate surface area is 149 Å². The van der Waals surface area contributed by atoms with Crippen LogP contribution in [0.4, 0.5) is 0 Å². The molecule has 1 aromatic heterocycles. The van der Waals surface area contributed by atoms with E-state index in [2.05, 4.69) is 29.2 Å². The van der Waals surface area contributed by atoms with Gasteiger partial charge in [0.05, 0.1) is 10.2 Å². The second-order valence-electron chi connectivity index (χ2n) is 5.26. The third-order valence-corrected chi connectivity index (χ3v) is 5.80. The fraction of sp³-hybridized carbons (Fsp3) is 0.0500. The van der Waals surface area contributed by atoms with Crippen LogP contribution >= 0.6 is 23.1 Å². The fourth-order valence-corrected chi connectivity index (χ4v) is 4.45. The molecule has 0 atom stereocenters. The van der Waals surface area contributed by atoms with Crippen molar-refractivity contribution in [2.45, 2.75) is 10.1 Å². The third kappa shape index (κ3) is 3.45. The number of rotatable bonds is 5. The van der Waals surface area contributed by atoms with Crippen molar-refractivity contribution in [2.24, 2.45) is 0 Å². The number of fused-ring (bicyclic) bond motifs is 1. The van der Waals surface area contributed by atoms with E-state index in [1.807, 2.05) is 54.6 Å². The van der Waals surface area contributed by atoms with E-state index in [1.165, 1.54) is 10.3 Å². The molecule has 0 spiro atoms. The first kappa shape index (κ1) is 15.2. The molecule has 0 saturated carbocycles. The summed E-state index contributed by atoms with van der Waals surface area (Å²) in [5.74, 6) is 2.59. The molecule has 0 saturated heterocycles. The van der Waals surface area contributed by atoms with Crippen LogP contribution in [0.5, 0.6) is 11.5 Å². The van der Waals surface area contributed by atoms with Gasteiger partial charge < -0.3 is 4.74 Å². The monoisotopic (exact) mass is 349 g/mol. The van der Waals surface area contributed by atoms with Crippen LogP contribution in [0.3, 0.4) is 0 Å². The summed E-state index contributed by atoms with van der Waals surface area (Å²) in [6.07, 6.45) is 0. The molecule has 2 nitrogen and oxygen atoms in total. The SMILES string of the molecule is c1ccc(Oc2ccccc2CSc2nc3ccccc3s2)cc1. The van der Waals surface area contributed by atoms with E-state index in [4.69, 9.17) is 4.74 Å². The Morgan fingerprint density at radius 1 is 0.833 bits per heavy atom. The van der Waals surface area contributed by atoms with E-state index in [1.54, 1.807) is 23.1 Å². The maximum absolute atomic E-state index is 6.03. The molecule has 0 fully saturated rings. The van der Waals surface area contributed by atoms with Crippen LogP contribution in [-0.2, 0) is 5.75 Å². The molecule has 118 valence electrons. The van der Waals surface area contributed by atoms with Crippen LogP contribution < -0.4 is 4.74 Å². The van der Waals surface area contributed by atoms with Crippen molar-refractivity contribution in [3.63, 3.8) is 0 Å². The molecular weight excluding hydrogens is 334 g/mol. The average molecular weight is 349 g/mol. The highest BCUT2D eigenvalue weighted by atomic mass is 32.2. The van der Waals surface area contributed by atoms with Crippen molar-refractivity contribution >= 4 is 33.3 Å². The lowest BCUT2D eigenvalue weighted by Gasteiger charge is -2.10. The summed E-state index contributed by atoms with van der Waals surface area (Å²) >= 11 is 3.49. The second-order valence-corrected chi connectivity index (χ2v) is 7.51. The number of aromatic nitrogens is 1. The van der Waals surface area contributed by atoms with Gasteiger partial charge in [0.15, 0.2) is 4.34 Å². The fourth-order valence-electron chi connectivity index (χ4n) is 2.39. The summed E-state index contributed by atoms with van der Waals surface area (Å²) in [4.78, 5) is 4.68. The number of benzene rings is 3. The van der Waals surface area contributed by atoms with Gasteiger partial charge in [-0.3, -0.25) is 0 Å². The van der Waals surface area contributed by atoms with Crippen LogP contribution in [0.1, 0.15) is 5.56 Å². The maximum Gasteiger partial charge on any atom is 0.151 e. The predicted octanol–water partition coefficient (Wildman–Crippen LogP) is 6.38. The minimum atomic E-state index is 0.836. The molecule has 0 amide bonds. The van der Waals surface area contributed by atoms with Crippen molar-refractivity contribution in [3.05, 3.63) is 84.4 Å². The maximum atomic E-state index is 6.03. The molecule has 0 unspecified atom stereocenters. The lowest BCUT2D eigenvalue weighted by atomic mass is 10.2. The van der Waals surface area contributed by atoms with E-state index in [0.717, 1.165) is 27.1 Å². The number of hydrogen-bond acceptors (Lipinski definition) is 4. The Balaban J connectivity index is 1.52. The average Bonchev–Trinajstić information content (AvgIpc) is 3.05. The summed E-state index contributed by atoms with van der Waals surface area (Å²) in [6.45, 7) is 0. The highest BCUT2D eigenvalue weighted by Crippen LogP contribution is 2.34. The molecular formula is C20H15NOS2. The molecule has 0 aliphatic rings.